The van der Waals surface area contributed by atoms with Crippen LogP contribution in [0.3, 0.4) is 0 Å². The van der Waals surface area contributed by atoms with E-state index in [1.807, 2.05) is 0 Å². The number of benzene rings is 2. The summed E-state index contributed by atoms with van der Waals surface area (Å²) in [7, 11) is -0.877. The van der Waals surface area contributed by atoms with Gasteiger partial charge in [-0.15, -0.1) is 0 Å². The first kappa shape index (κ1) is 20.7. The van der Waals surface area contributed by atoms with E-state index < -0.39 is 27.7 Å². The topological polar surface area (TPSA) is 66.5 Å². The Morgan fingerprint density at radius 1 is 1.07 bits per heavy atom. The van der Waals surface area contributed by atoms with Gasteiger partial charge < -0.3 is 5.32 Å². The molecule has 0 aromatic heterocycles. The molecule has 0 aliphatic carbocycles. The van der Waals surface area contributed by atoms with Crippen molar-refractivity contribution >= 4 is 27.7 Å². The third kappa shape index (κ3) is 5.41. The Morgan fingerprint density at radius 2 is 1.74 bits per heavy atom. The summed E-state index contributed by atoms with van der Waals surface area (Å²) in [6.07, 6.45) is -2.15. The molecular weight excluding hydrogens is 381 g/mol. The summed E-state index contributed by atoms with van der Waals surface area (Å²) in [5.41, 5.74) is -0.354. The molecule has 0 saturated heterocycles. The van der Waals surface area contributed by atoms with E-state index in [-0.39, 0.29) is 16.1 Å². The van der Waals surface area contributed by atoms with Gasteiger partial charge in [-0.05, 0) is 42.0 Å². The second kappa shape index (κ2) is 7.93. The number of hydrogen-bond acceptors (Lipinski definition) is 3. The molecule has 144 valence electrons. The maximum Gasteiger partial charge on any atom is 0.416 e. The van der Waals surface area contributed by atoms with Crippen molar-refractivity contribution in [1.29, 1.82) is 0 Å². The highest BCUT2D eigenvalue weighted by atomic mass is 32.2. The van der Waals surface area contributed by atoms with E-state index in [9.17, 15) is 26.4 Å². The third-order valence-electron chi connectivity index (χ3n) is 3.52. The fourth-order valence-corrected chi connectivity index (χ4v) is 3.07. The second-order valence-corrected chi connectivity index (χ2v) is 7.91. The minimum Gasteiger partial charge on any atom is -0.322 e. The number of carbonyl (C=O) groups is 1. The molecule has 27 heavy (non-hydrogen) atoms. The molecule has 5 nitrogen and oxygen atoms in total. The zero-order valence-corrected chi connectivity index (χ0v) is 15.3. The van der Waals surface area contributed by atoms with Crippen molar-refractivity contribution in [2.24, 2.45) is 0 Å². The highest BCUT2D eigenvalue weighted by Gasteiger charge is 2.30. The fourth-order valence-electron chi connectivity index (χ4n) is 2.12. The molecule has 0 unspecified atom stereocenters. The van der Waals surface area contributed by atoms with Crippen LogP contribution < -0.4 is 5.32 Å². The number of hydrogen-bond donors (Lipinski definition) is 1. The van der Waals surface area contributed by atoms with Gasteiger partial charge in [0.2, 0.25) is 15.9 Å². The van der Waals surface area contributed by atoms with Crippen LogP contribution in [0.15, 0.2) is 59.5 Å². The molecule has 0 aliphatic rings. The maximum atomic E-state index is 12.7. The van der Waals surface area contributed by atoms with Crippen LogP contribution in [0.1, 0.15) is 11.1 Å². The van der Waals surface area contributed by atoms with Crippen LogP contribution in [0.2, 0.25) is 0 Å². The predicted molar refractivity (Wildman–Crippen MR) is 96.4 cm³/mol. The molecule has 0 radical (unpaired) electrons. The van der Waals surface area contributed by atoms with Gasteiger partial charge >= 0.3 is 6.18 Å². The quantitative estimate of drug-likeness (QED) is 0.783. The first-order chi connectivity index (χ1) is 12.5. The van der Waals surface area contributed by atoms with Gasteiger partial charge in [0.15, 0.2) is 0 Å². The third-order valence-corrected chi connectivity index (χ3v) is 5.33. The van der Waals surface area contributed by atoms with Crippen LogP contribution in [0.5, 0.6) is 0 Å². The van der Waals surface area contributed by atoms with Crippen molar-refractivity contribution in [3.05, 3.63) is 65.7 Å². The van der Waals surface area contributed by atoms with E-state index in [4.69, 9.17) is 0 Å². The lowest BCUT2D eigenvalue weighted by Gasteiger charge is -2.12. The summed E-state index contributed by atoms with van der Waals surface area (Å²) in [6, 6.07) is 10.2. The molecule has 0 bridgehead atoms. The summed E-state index contributed by atoms with van der Waals surface area (Å²) in [4.78, 5) is 12.0. The van der Waals surface area contributed by atoms with E-state index in [1.165, 1.54) is 56.6 Å². The first-order valence-corrected chi connectivity index (χ1v) is 9.13. The van der Waals surface area contributed by atoms with Crippen LogP contribution >= 0.6 is 0 Å². The molecule has 9 heteroatoms. The van der Waals surface area contributed by atoms with Gasteiger partial charge in [0.25, 0.3) is 0 Å². The Balaban J connectivity index is 2.14. The molecule has 1 N–H and O–H groups in total. The van der Waals surface area contributed by atoms with Crippen molar-refractivity contribution in [3.8, 4) is 0 Å². The Kier molecular flexibility index (Phi) is 6.07. The standard InChI is InChI=1S/C18H17F3N2O3S/c1-23(2)27(25,26)16-8-4-7-15(12-16)22-17(24)10-9-13-5-3-6-14(11-13)18(19,20)21/h3-12H,1-2H3,(H,22,24). The van der Waals surface area contributed by atoms with E-state index >= 15 is 0 Å². The van der Waals surface area contributed by atoms with Crippen LogP contribution in [0.25, 0.3) is 6.08 Å². The van der Waals surface area contributed by atoms with Gasteiger partial charge in [-0.3, -0.25) is 4.79 Å². The smallest absolute Gasteiger partial charge is 0.322 e. The summed E-state index contributed by atoms with van der Waals surface area (Å²) in [5.74, 6) is -0.605. The van der Waals surface area contributed by atoms with Crippen LogP contribution in [0, 0.1) is 0 Å². The molecule has 0 aliphatic heterocycles. The molecule has 2 aromatic carbocycles. The Morgan fingerprint density at radius 3 is 2.37 bits per heavy atom. The Labute approximate surface area is 155 Å². The second-order valence-electron chi connectivity index (χ2n) is 5.76. The molecule has 0 fully saturated rings. The number of amides is 1. The van der Waals surface area contributed by atoms with Crippen LogP contribution in [-0.4, -0.2) is 32.7 Å². The van der Waals surface area contributed by atoms with Gasteiger partial charge in [-0.25, -0.2) is 12.7 Å². The maximum absolute atomic E-state index is 12.7. The van der Waals surface area contributed by atoms with E-state index in [1.54, 1.807) is 0 Å². The summed E-state index contributed by atoms with van der Waals surface area (Å²) >= 11 is 0. The number of carbonyl (C=O) groups excluding carboxylic acids is 1. The van der Waals surface area contributed by atoms with Gasteiger partial charge in [0.1, 0.15) is 0 Å². The van der Waals surface area contributed by atoms with Crippen molar-refractivity contribution in [2.75, 3.05) is 19.4 Å². The number of nitrogens with one attached hydrogen (secondary N) is 1. The highest BCUT2D eigenvalue weighted by Crippen LogP contribution is 2.29. The largest absolute Gasteiger partial charge is 0.416 e. The lowest BCUT2D eigenvalue weighted by molar-refractivity contribution is -0.137. The van der Waals surface area contributed by atoms with Crippen molar-refractivity contribution in [1.82, 2.24) is 4.31 Å². The SMILES string of the molecule is CN(C)S(=O)(=O)c1cccc(NC(=O)C=Cc2cccc(C(F)(F)F)c2)c1. The molecule has 0 heterocycles. The minimum atomic E-state index is -4.47. The predicted octanol–water partition coefficient (Wildman–Crippen LogP) is 3.61. The highest BCUT2D eigenvalue weighted by molar-refractivity contribution is 7.89. The number of halogens is 3. The zero-order valence-electron chi connectivity index (χ0n) is 14.5. The van der Waals surface area contributed by atoms with E-state index in [0.29, 0.717) is 0 Å². The molecule has 0 saturated carbocycles. The number of anilines is 1. The zero-order chi connectivity index (χ0) is 20.2. The monoisotopic (exact) mass is 398 g/mol. The summed E-state index contributed by atoms with van der Waals surface area (Å²) in [6.45, 7) is 0. The average Bonchev–Trinajstić information content (AvgIpc) is 2.59. The molecule has 2 aromatic rings. The van der Waals surface area contributed by atoms with Crippen molar-refractivity contribution in [3.63, 3.8) is 0 Å². The Bertz CT molecular complexity index is 968. The van der Waals surface area contributed by atoms with Gasteiger partial charge in [0.05, 0.1) is 10.5 Å². The summed E-state index contributed by atoms with van der Waals surface area (Å²) in [5, 5.41) is 2.48. The van der Waals surface area contributed by atoms with E-state index in [2.05, 4.69) is 5.32 Å². The molecule has 1 amide bonds. The number of rotatable bonds is 5. The average molecular weight is 398 g/mol. The molecule has 0 spiro atoms. The lowest BCUT2D eigenvalue weighted by atomic mass is 10.1. The van der Waals surface area contributed by atoms with Crippen molar-refractivity contribution in [2.45, 2.75) is 11.1 Å². The van der Waals surface area contributed by atoms with Gasteiger partial charge in [-0.2, -0.15) is 13.2 Å². The van der Waals surface area contributed by atoms with Gasteiger partial charge in [0, 0.05) is 25.9 Å². The first-order valence-electron chi connectivity index (χ1n) is 7.69. The number of alkyl halides is 3. The lowest BCUT2D eigenvalue weighted by Crippen LogP contribution is -2.22. The summed E-state index contributed by atoms with van der Waals surface area (Å²) < 4.78 is 63.3. The minimum absolute atomic E-state index is 0.00663. The molecular formula is C18H17F3N2O3S. The Hall–Kier alpha value is -2.65. The van der Waals surface area contributed by atoms with Crippen LogP contribution in [-0.2, 0) is 21.0 Å². The van der Waals surface area contributed by atoms with E-state index in [0.717, 1.165) is 22.5 Å². The van der Waals surface area contributed by atoms with Gasteiger partial charge in [-0.1, -0.05) is 18.2 Å². The van der Waals surface area contributed by atoms with Crippen molar-refractivity contribution < 1.29 is 26.4 Å². The van der Waals surface area contributed by atoms with Crippen LogP contribution in [0.4, 0.5) is 18.9 Å². The number of sulfonamides is 1. The fraction of sp³-hybridized carbons (Fsp3) is 0.167. The molecule has 2 rings (SSSR count). The molecule has 0 atom stereocenters. The normalized spacial score (nSPS) is 12.5. The number of nitrogens with zero attached hydrogens (tertiary/aromatic N) is 1.